The van der Waals surface area contributed by atoms with E-state index in [0.29, 0.717) is 12.1 Å². The molecule has 20 heavy (non-hydrogen) atoms. The van der Waals surface area contributed by atoms with E-state index in [4.69, 9.17) is 5.73 Å². The van der Waals surface area contributed by atoms with Crippen molar-refractivity contribution in [2.75, 3.05) is 0 Å². The maximum atomic E-state index is 12.6. The molecule has 0 heterocycles. The fraction of sp³-hybridized carbons (Fsp3) is 0.250. The molecule has 0 radical (unpaired) electrons. The van der Waals surface area contributed by atoms with Gasteiger partial charge >= 0.3 is 12.4 Å². The summed E-state index contributed by atoms with van der Waals surface area (Å²) in [6, 6.07) is 1.00. The number of benzene rings is 1. The number of carbonyl (C=O) groups excluding carboxylic acids is 1. The standard InChI is InChI=1S/C12H9F6NO/c1-6(2-10(19)20)7-3-8(11(13,14)15)5-9(4-7)12(16,17)18/h3-5H,1-2H2,(H2,19,20). The number of halogens is 6. The van der Waals surface area contributed by atoms with Gasteiger partial charge in [-0.05, 0) is 29.3 Å². The molecule has 0 saturated carbocycles. The van der Waals surface area contributed by atoms with Crippen LogP contribution < -0.4 is 5.73 Å². The average Bonchev–Trinajstić information content (AvgIpc) is 2.25. The largest absolute Gasteiger partial charge is 0.416 e. The first-order valence-electron chi connectivity index (χ1n) is 5.17. The van der Waals surface area contributed by atoms with Crippen molar-refractivity contribution in [2.45, 2.75) is 18.8 Å². The van der Waals surface area contributed by atoms with Gasteiger partial charge in [-0.15, -0.1) is 0 Å². The second kappa shape index (κ2) is 5.18. The Morgan fingerprint density at radius 1 is 1.00 bits per heavy atom. The Labute approximate surface area is 109 Å². The lowest BCUT2D eigenvalue weighted by atomic mass is 9.98. The van der Waals surface area contributed by atoms with E-state index in [1.165, 1.54) is 0 Å². The summed E-state index contributed by atoms with van der Waals surface area (Å²) in [4.78, 5) is 10.7. The van der Waals surface area contributed by atoms with Crippen LogP contribution in [0, 0.1) is 0 Å². The van der Waals surface area contributed by atoms with Crippen LogP contribution in [-0.2, 0) is 17.1 Å². The van der Waals surface area contributed by atoms with E-state index in [0.717, 1.165) is 0 Å². The summed E-state index contributed by atoms with van der Waals surface area (Å²) in [5.74, 6) is -0.902. The monoisotopic (exact) mass is 297 g/mol. The summed E-state index contributed by atoms with van der Waals surface area (Å²) in [5.41, 5.74) is 1.27. The van der Waals surface area contributed by atoms with Crippen LogP contribution in [0.2, 0.25) is 0 Å². The van der Waals surface area contributed by atoms with Crippen LogP contribution in [0.3, 0.4) is 0 Å². The topological polar surface area (TPSA) is 43.1 Å². The lowest BCUT2D eigenvalue weighted by molar-refractivity contribution is -0.143. The Bertz CT molecular complexity index is 512. The first kappa shape index (κ1) is 16.1. The number of amides is 1. The van der Waals surface area contributed by atoms with E-state index >= 15 is 0 Å². The number of alkyl halides is 6. The minimum atomic E-state index is -4.94. The van der Waals surface area contributed by atoms with E-state index in [1.807, 2.05) is 0 Å². The highest BCUT2D eigenvalue weighted by molar-refractivity contribution is 5.87. The minimum absolute atomic E-state index is 0.00104. The van der Waals surface area contributed by atoms with Gasteiger partial charge < -0.3 is 5.73 Å². The third kappa shape index (κ3) is 4.01. The van der Waals surface area contributed by atoms with Crippen LogP contribution in [0.25, 0.3) is 5.57 Å². The molecule has 0 aromatic heterocycles. The molecule has 2 N–H and O–H groups in total. The molecule has 1 aromatic rings. The quantitative estimate of drug-likeness (QED) is 0.851. The van der Waals surface area contributed by atoms with Crippen LogP contribution in [0.1, 0.15) is 23.1 Å². The maximum absolute atomic E-state index is 12.6. The van der Waals surface area contributed by atoms with Gasteiger partial charge in [-0.1, -0.05) is 6.58 Å². The summed E-state index contributed by atoms with van der Waals surface area (Å²) in [6.45, 7) is 3.28. The second-order valence-electron chi connectivity index (χ2n) is 4.04. The number of hydrogen-bond donors (Lipinski definition) is 1. The third-order valence-electron chi connectivity index (χ3n) is 2.38. The van der Waals surface area contributed by atoms with Crippen LogP contribution in [0.15, 0.2) is 24.8 Å². The van der Waals surface area contributed by atoms with Crippen LogP contribution in [0.5, 0.6) is 0 Å². The lowest BCUT2D eigenvalue weighted by Crippen LogP contribution is -2.13. The molecule has 0 atom stereocenters. The molecule has 0 spiro atoms. The normalized spacial score (nSPS) is 12.3. The zero-order chi connectivity index (χ0) is 15.7. The number of hydrogen-bond acceptors (Lipinski definition) is 1. The fourth-order valence-electron chi connectivity index (χ4n) is 1.47. The number of rotatable bonds is 3. The summed E-state index contributed by atoms with van der Waals surface area (Å²) >= 11 is 0. The highest BCUT2D eigenvalue weighted by Crippen LogP contribution is 2.37. The van der Waals surface area contributed by atoms with Gasteiger partial charge in [-0.25, -0.2) is 0 Å². The van der Waals surface area contributed by atoms with Crippen molar-refractivity contribution in [1.82, 2.24) is 0 Å². The first-order chi connectivity index (χ1) is 8.91. The van der Waals surface area contributed by atoms with E-state index in [2.05, 4.69) is 6.58 Å². The van der Waals surface area contributed by atoms with E-state index in [-0.39, 0.29) is 11.6 Å². The van der Waals surface area contributed by atoms with Crippen molar-refractivity contribution in [3.05, 3.63) is 41.5 Å². The SMILES string of the molecule is C=C(CC(N)=O)c1cc(C(F)(F)F)cc(C(F)(F)F)c1. The third-order valence-corrected chi connectivity index (χ3v) is 2.38. The molecule has 0 aliphatic rings. The smallest absolute Gasteiger partial charge is 0.369 e. The van der Waals surface area contributed by atoms with Gasteiger partial charge in [0.15, 0.2) is 0 Å². The Hall–Kier alpha value is -1.99. The van der Waals surface area contributed by atoms with Gasteiger partial charge in [0, 0.05) is 0 Å². The fourth-order valence-corrected chi connectivity index (χ4v) is 1.47. The molecule has 0 saturated heterocycles. The highest BCUT2D eigenvalue weighted by atomic mass is 19.4. The number of nitrogens with two attached hydrogens (primary N) is 1. The molecule has 0 unspecified atom stereocenters. The molecular formula is C12H9F6NO. The molecule has 1 amide bonds. The van der Waals surface area contributed by atoms with Gasteiger partial charge in [-0.3, -0.25) is 4.79 Å². The Morgan fingerprint density at radius 2 is 1.40 bits per heavy atom. The van der Waals surface area contributed by atoms with Crippen molar-refractivity contribution in [1.29, 1.82) is 0 Å². The molecule has 8 heteroatoms. The van der Waals surface area contributed by atoms with Crippen molar-refractivity contribution in [3.63, 3.8) is 0 Å². The summed E-state index contributed by atoms with van der Waals surface area (Å²) in [5, 5.41) is 0. The zero-order valence-corrected chi connectivity index (χ0v) is 9.90. The molecule has 110 valence electrons. The van der Waals surface area contributed by atoms with E-state index in [9.17, 15) is 31.1 Å². The van der Waals surface area contributed by atoms with Gasteiger partial charge in [0.05, 0.1) is 17.5 Å². The molecule has 0 bridgehead atoms. The van der Waals surface area contributed by atoms with Crippen molar-refractivity contribution in [3.8, 4) is 0 Å². The lowest BCUT2D eigenvalue weighted by Gasteiger charge is -2.14. The van der Waals surface area contributed by atoms with Gasteiger partial charge in [-0.2, -0.15) is 26.3 Å². The molecule has 0 aliphatic carbocycles. The van der Waals surface area contributed by atoms with Crippen molar-refractivity contribution < 1.29 is 31.1 Å². The molecule has 1 rings (SSSR count). The highest BCUT2D eigenvalue weighted by Gasteiger charge is 2.37. The second-order valence-corrected chi connectivity index (χ2v) is 4.04. The van der Waals surface area contributed by atoms with E-state index in [1.54, 1.807) is 0 Å². The predicted octanol–water partition coefficient (Wildman–Crippen LogP) is 3.61. The molecular weight excluding hydrogens is 288 g/mol. The zero-order valence-electron chi connectivity index (χ0n) is 9.90. The summed E-state index contributed by atoms with van der Waals surface area (Å²) < 4.78 is 75.4. The van der Waals surface area contributed by atoms with Crippen molar-refractivity contribution in [2.24, 2.45) is 5.73 Å². The maximum Gasteiger partial charge on any atom is 0.416 e. The first-order valence-corrected chi connectivity index (χ1v) is 5.17. The molecule has 2 nitrogen and oxygen atoms in total. The van der Waals surface area contributed by atoms with Crippen molar-refractivity contribution >= 4 is 11.5 Å². The summed E-state index contributed by atoms with van der Waals surface area (Å²) in [6.07, 6.45) is -10.4. The van der Waals surface area contributed by atoms with Gasteiger partial charge in [0.25, 0.3) is 0 Å². The van der Waals surface area contributed by atoms with Crippen LogP contribution >= 0.6 is 0 Å². The Morgan fingerprint density at radius 3 is 1.70 bits per heavy atom. The number of primary amides is 1. The van der Waals surface area contributed by atoms with Gasteiger partial charge in [0.2, 0.25) is 5.91 Å². The van der Waals surface area contributed by atoms with Crippen LogP contribution in [0.4, 0.5) is 26.3 Å². The minimum Gasteiger partial charge on any atom is -0.369 e. The van der Waals surface area contributed by atoms with Crippen LogP contribution in [-0.4, -0.2) is 5.91 Å². The van der Waals surface area contributed by atoms with Gasteiger partial charge in [0.1, 0.15) is 0 Å². The number of carbonyl (C=O) groups is 1. The Balaban J connectivity index is 3.38. The average molecular weight is 297 g/mol. The predicted molar refractivity (Wildman–Crippen MR) is 59.3 cm³/mol. The molecule has 1 aromatic carbocycles. The Kier molecular flexibility index (Phi) is 4.16. The summed E-state index contributed by atoms with van der Waals surface area (Å²) in [7, 11) is 0. The molecule has 0 fully saturated rings. The molecule has 0 aliphatic heterocycles. The van der Waals surface area contributed by atoms with E-state index < -0.39 is 41.4 Å².